The Kier molecular flexibility index (Phi) is 2.51. The molecule has 0 aliphatic carbocycles. The molecule has 0 fully saturated rings. The maximum Gasteiger partial charge on any atom is 0.245 e. The van der Waals surface area contributed by atoms with Crippen LogP contribution >= 0.6 is 0 Å². The van der Waals surface area contributed by atoms with Crippen LogP contribution in [0.15, 0.2) is 42.5 Å². The number of rotatable bonds is 2. The Hall–Kier alpha value is -1.68. The zero-order valence-corrected chi connectivity index (χ0v) is 10.3. The van der Waals surface area contributed by atoms with Crippen molar-refractivity contribution in [3.8, 4) is 0 Å². The number of amides is 2. The number of carbonyl (C=O) groups excluding carboxylic acids is 2. The number of carbonyl (C=O) groups is 2. The molecule has 0 bridgehead atoms. The first-order valence-corrected chi connectivity index (χ1v) is 8.10. The summed E-state index contributed by atoms with van der Waals surface area (Å²) in [4.78, 5) is 23.3. The third-order valence-electron chi connectivity index (χ3n) is 2.85. The fraction of sp³-hybridized carbons (Fsp3) is 0.167. The van der Waals surface area contributed by atoms with Crippen LogP contribution in [0.3, 0.4) is 0 Å². The Labute approximate surface area is 95.5 Å². The van der Waals surface area contributed by atoms with Gasteiger partial charge in [-0.3, -0.25) is 9.59 Å². The van der Waals surface area contributed by atoms with Gasteiger partial charge in [0.1, 0.15) is 0 Å². The van der Waals surface area contributed by atoms with Crippen molar-refractivity contribution >= 4 is 25.2 Å². The number of imide groups is 1. The first-order valence-electron chi connectivity index (χ1n) is 5.15. The molecule has 2 amide bonds. The van der Waals surface area contributed by atoms with Gasteiger partial charge in [0, 0.05) is 12.2 Å². The predicted molar refractivity (Wildman–Crippen MR) is 64.6 cm³/mol. The second-order valence-corrected chi connectivity index (χ2v) is 8.41. The van der Waals surface area contributed by atoms with Crippen molar-refractivity contribution in [2.75, 3.05) is 0 Å². The summed E-state index contributed by atoms with van der Waals surface area (Å²) in [5.41, 5.74) is 0. The molecule has 0 saturated carbocycles. The van der Waals surface area contributed by atoms with Gasteiger partial charge in [-0.05, 0) is 18.3 Å². The van der Waals surface area contributed by atoms with Crippen LogP contribution in [-0.4, -0.2) is 24.6 Å². The maximum absolute atomic E-state index is 11.7. The first kappa shape index (κ1) is 10.8. The minimum absolute atomic E-state index is 0.189. The summed E-state index contributed by atoms with van der Waals surface area (Å²) in [6, 6.07) is 9.75. The molecule has 0 spiro atoms. The van der Waals surface area contributed by atoms with Crippen LogP contribution in [0.4, 0.5) is 0 Å². The van der Waals surface area contributed by atoms with Gasteiger partial charge < -0.3 is 4.57 Å². The van der Waals surface area contributed by atoms with Crippen molar-refractivity contribution in [3.63, 3.8) is 0 Å². The zero-order valence-electron chi connectivity index (χ0n) is 9.31. The van der Waals surface area contributed by atoms with Crippen molar-refractivity contribution in [1.82, 2.24) is 4.57 Å². The summed E-state index contributed by atoms with van der Waals surface area (Å²) in [6.07, 6.45) is 2.69. The molecule has 0 N–H and O–H groups in total. The highest BCUT2D eigenvalue weighted by molar-refractivity contribution is 6.91. The molecular formula is C12H13NO2Si. The number of nitrogens with zero attached hydrogens (tertiary/aromatic N) is 1. The largest absolute Gasteiger partial charge is 0.301 e. The Bertz CT molecular complexity index is 447. The van der Waals surface area contributed by atoms with Crippen LogP contribution in [0.2, 0.25) is 13.1 Å². The quantitative estimate of drug-likeness (QED) is 0.563. The van der Waals surface area contributed by atoms with E-state index in [0.29, 0.717) is 0 Å². The van der Waals surface area contributed by atoms with Gasteiger partial charge in [-0.2, -0.15) is 0 Å². The summed E-state index contributed by atoms with van der Waals surface area (Å²) in [6.45, 7) is 4.01. The van der Waals surface area contributed by atoms with Crippen molar-refractivity contribution in [3.05, 3.63) is 42.5 Å². The average molecular weight is 231 g/mol. The molecule has 4 heteroatoms. The summed E-state index contributed by atoms with van der Waals surface area (Å²) in [5, 5.41) is 1.08. The molecule has 1 aromatic rings. The van der Waals surface area contributed by atoms with Crippen LogP contribution < -0.4 is 5.19 Å². The minimum Gasteiger partial charge on any atom is -0.301 e. The van der Waals surface area contributed by atoms with E-state index in [4.69, 9.17) is 0 Å². The predicted octanol–water partition coefficient (Wildman–Crippen LogP) is 1.02. The van der Waals surface area contributed by atoms with E-state index in [-0.39, 0.29) is 11.8 Å². The summed E-state index contributed by atoms with van der Waals surface area (Å²) in [7, 11) is -2.20. The fourth-order valence-electron chi connectivity index (χ4n) is 1.93. The lowest BCUT2D eigenvalue weighted by molar-refractivity contribution is -0.131. The second kappa shape index (κ2) is 3.72. The van der Waals surface area contributed by atoms with Gasteiger partial charge in [0.15, 0.2) is 8.24 Å². The average Bonchev–Trinajstić information content (AvgIpc) is 2.60. The third-order valence-corrected chi connectivity index (χ3v) is 6.15. The lowest BCUT2D eigenvalue weighted by Crippen LogP contribution is -2.60. The van der Waals surface area contributed by atoms with Gasteiger partial charge in [-0.25, -0.2) is 0 Å². The molecule has 0 saturated heterocycles. The van der Waals surface area contributed by atoms with E-state index < -0.39 is 8.24 Å². The molecule has 0 aromatic heterocycles. The van der Waals surface area contributed by atoms with E-state index >= 15 is 0 Å². The smallest absolute Gasteiger partial charge is 0.245 e. The Morgan fingerprint density at radius 2 is 1.44 bits per heavy atom. The molecular weight excluding hydrogens is 218 g/mol. The van der Waals surface area contributed by atoms with Crippen molar-refractivity contribution in [2.24, 2.45) is 0 Å². The lowest BCUT2D eigenvalue weighted by atomic mass is 10.4. The molecule has 1 aromatic carbocycles. The fourth-order valence-corrected chi connectivity index (χ4v) is 4.44. The maximum atomic E-state index is 11.7. The van der Waals surface area contributed by atoms with Gasteiger partial charge >= 0.3 is 0 Å². The SMILES string of the molecule is C[Si](C)(c1ccccc1)N1C(=O)C=CC1=O. The van der Waals surface area contributed by atoms with E-state index in [2.05, 4.69) is 0 Å². The number of hydrogen-bond donors (Lipinski definition) is 0. The normalized spacial score (nSPS) is 16.0. The Morgan fingerprint density at radius 1 is 0.938 bits per heavy atom. The van der Waals surface area contributed by atoms with Crippen LogP contribution in [-0.2, 0) is 9.59 Å². The summed E-state index contributed by atoms with van der Waals surface area (Å²) in [5.74, 6) is -0.379. The molecule has 1 aliphatic heterocycles. The molecule has 1 aliphatic rings. The van der Waals surface area contributed by atoms with E-state index in [0.717, 1.165) is 5.19 Å². The molecule has 1 heterocycles. The van der Waals surface area contributed by atoms with E-state index in [1.165, 1.54) is 16.7 Å². The Morgan fingerprint density at radius 3 is 1.94 bits per heavy atom. The van der Waals surface area contributed by atoms with Gasteiger partial charge in [0.2, 0.25) is 11.8 Å². The van der Waals surface area contributed by atoms with Gasteiger partial charge in [0.25, 0.3) is 0 Å². The third kappa shape index (κ3) is 1.61. The van der Waals surface area contributed by atoms with Gasteiger partial charge in [0.05, 0.1) is 0 Å². The van der Waals surface area contributed by atoms with Crippen LogP contribution in [0.25, 0.3) is 0 Å². The summed E-state index contributed by atoms with van der Waals surface area (Å²) < 4.78 is 1.42. The molecule has 16 heavy (non-hydrogen) atoms. The minimum atomic E-state index is -2.20. The highest BCUT2D eigenvalue weighted by Gasteiger charge is 2.40. The molecule has 82 valence electrons. The van der Waals surface area contributed by atoms with Crippen LogP contribution in [0.1, 0.15) is 0 Å². The standard InChI is InChI=1S/C12H13NO2Si/c1-16(2,10-6-4-3-5-7-10)13-11(14)8-9-12(13)15/h3-9H,1-2H3. The number of benzene rings is 1. The molecule has 2 rings (SSSR count). The van der Waals surface area contributed by atoms with Gasteiger partial charge in [-0.15, -0.1) is 0 Å². The summed E-state index contributed by atoms with van der Waals surface area (Å²) >= 11 is 0. The molecule has 0 radical (unpaired) electrons. The highest BCUT2D eigenvalue weighted by Crippen LogP contribution is 2.16. The second-order valence-electron chi connectivity index (χ2n) is 4.27. The monoisotopic (exact) mass is 231 g/mol. The van der Waals surface area contributed by atoms with Crippen molar-refractivity contribution in [1.29, 1.82) is 0 Å². The van der Waals surface area contributed by atoms with Crippen molar-refractivity contribution < 1.29 is 9.59 Å². The molecule has 0 unspecified atom stereocenters. The lowest BCUT2D eigenvalue weighted by Gasteiger charge is -2.32. The Balaban J connectivity index is 2.40. The van der Waals surface area contributed by atoms with E-state index in [9.17, 15) is 9.59 Å². The van der Waals surface area contributed by atoms with Crippen LogP contribution in [0, 0.1) is 0 Å². The molecule has 0 atom stereocenters. The first-order chi connectivity index (χ1) is 7.53. The molecule has 3 nitrogen and oxygen atoms in total. The number of hydrogen-bond acceptors (Lipinski definition) is 2. The van der Waals surface area contributed by atoms with Gasteiger partial charge in [-0.1, -0.05) is 30.3 Å². The zero-order chi connectivity index (χ0) is 11.8. The van der Waals surface area contributed by atoms with E-state index in [1.54, 1.807) is 0 Å². The topological polar surface area (TPSA) is 37.4 Å². The van der Waals surface area contributed by atoms with Crippen LogP contribution in [0.5, 0.6) is 0 Å². The van der Waals surface area contributed by atoms with Crippen molar-refractivity contribution in [2.45, 2.75) is 13.1 Å². The highest BCUT2D eigenvalue weighted by atomic mass is 28.3. The van der Waals surface area contributed by atoms with E-state index in [1.807, 2.05) is 43.4 Å².